The Morgan fingerprint density at radius 2 is 1.58 bits per heavy atom. The summed E-state index contributed by atoms with van der Waals surface area (Å²) in [4.78, 5) is 25.1. The molecule has 5 aliphatic rings. The van der Waals surface area contributed by atoms with Crippen molar-refractivity contribution in [1.82, 2.24) is 0 Å². The van der Waals surface area contributed by atoms with E-state index in [0.717, 1.165) is 55.2 Å². The molecule has 3 N–H and O–H groups in total. The largest absolute Gasteiger partial charge is 0.504 e. The van der Waals surface area contributed by atoms with Crippen molar-refractivity contribution in [2.24, 2.45) is 44.6 Å². The van der Waals surface area contributed by atoms with Crippen LogP contribution in [-0.2, 0) is 9.59 Å². The molecule has 4 heteroatoms. The molecule has 0 saturated heterocycles. The summed E-state index contributed by atoms with van der Waals surface area (Å²) in [6.07, 6.45) is 12.4. The molecule has 1 unspecified atom stereocenters. The van der Waals surface area contributed by atoms with E-state index in [1.165, 1.54) is 12.8 Å². The fourth-order valence-electron chi connectivity index (χ4n) is 9.31. The average Bonchev–Trinajstić information content (AvgIpc) is 2.75. The Bertz CT molecular complexity index is 1050. The lowest BCUT2D eigenvalue weighted by atomic mass is 9.32. The summed E-state index contributed by atoms with van der Waals surface area (Å²) in [6.45, 7) is 13.8. The van der Waals surface area contributed by atoms with Gasteiger partial charge < -0.3 is 10.8 Å². The van der Waals surface area contributed by atoms with Gasteiger partial charge in [0.25, 0.3) is 0 Å². The molecule has 0 spiro atoms. The Balaban J connectivity index is 1.60. The average molecular weight is 452 g/mol. The number of nitrogens with two attached hydrogens (primary N) is 1. The smallest absolute Gasteiger partial charge is 0.223 e. The van der Waals surface area contributed by atoms with Crippen LogP contribution >= 0.6 is 0 Å². The first-order valence-electron chi connectivity index (χ1n) is 12.9. The van der Waals surface area contributed by atoms with Crippen LogP contribution in [0.3, 0.4) is 0 Å². The fraction of sp³-hybridized carbons (Fsp3) is 0.724. The topological polar surface area (TPSA) is 80.4 Å². The Morgan fingerprint density at radius 3 is 2.24 bits per heavy atom. The van der Waals surface area contributed by atoms with Crippen LogP contribution in [0.4, 0.5) is 0 Å². The van der Waals surface area contributed by atoms with E-state index in [4.69, 9.17) is 5.73 Å². The summed E-state index contributed by atoms with van der Waals surface area (Å²) in [5.41, 5.74) is 8.90. The lowest BCUT2D eigenvalue weighted by molar-refractivity contribution is -0.214. The van der Waals surface area contributed by atoms with Gasteiger partial charge in [0, 0.05) is 11.0 Å². The van der Waals surface area contributed by atoms with Crippen LogP contribution in [-0.4, -0.2) is 16.8 Å². The predicted octanol–water partition coefficient (Wildman–Crippen LogP) is 6.18. The summed E-state index contributed by atoms with van der Waals surface area (Å²) in [5, 5.41) is 10.3. The SMILES string of the molecule is CC1=C(O)C(=O)C=C2C1=CCC1[C@@]2(C)CC[C@@]2(C)[C@@H]3C[C@](C)(C(N)=O)CC[C@]3(C)CC[C@]12C. The van der Waals surface area contributed by atoms with Gasteiger partial charge in [0.15, 0.2) is 5.76 Å². The zero-order chi connectivity index (χ0) is 24.2. The van der Waals surface area contributed by atoms with Crippen molar-refractivity contribution < 1.29 is 14.7 Å². The minimum Gasteiger partial charge on any atom is -0.504 e. The second-order valence-electron chi connectivity index (χ2n) is 13.4. The molecule has 3 saturated carbocycles. The van der Waals surface area contributed by atoms with Crippen molar-refractivity contribution in [2.75, 3.05) is 0 Å². The maximum atomic E-state index is 12.6. The van der Waals surface area contributed by atoms with E-state index in [1.807, 2.05) is 6.92 Å². The number of fused-ring (bicyclic) bond motifs is 7. The van der Waals surface area contributed by atoms with Gasteiger partial charge >= 0.3 is 0 Å². The van der Waals surface area contributed by atoms with E-state index in [9.17, 15) is 14.7 Å². The van der Waals surface area contributed by atoms with Crippen LogP contribution in [0.15, 0.2) is 34.6 Å². The molecule has 3 fully saturated rings. The first kappa shape index (κ1) is 22.9. The van der Waals surface area contributed by atoms with E-state index in [-0.39, 0.29) is 39.1 Å². The zero-order valence-electron chi connectivity index (χ0n) is 21.3. The van der Waals surface area contributed by atoms with Gasteiger partial charge in [-0.1, -0.05) is 40.7 Å². The zero-order valence-corrected chi connectivity index (χ0v) is 21.3. The molecule has 5 rings (SSSR count). The molecule has 1 amide bonds. The molecule has 0 aromatic carbocycles. The number of aliphatic hydroxyl groups excluding tert-OH is 1. The molecule has 0 bridgehead atoms. The van der Waals surface area contributed by atoms with Crippen LogP contribution in [0.1, 0.15) is 92.9 Å². The number of ketones is 1. The van der Waals surface area contributed by atoms with Crippen molar-refractivity contribution in [3.8, 4) is 0 Å². The Kier molecular flexibility index (Phi) is 4.61. The van der Waals surface area contributed by atoms with Crippen LogP contribution in [0.25, 0.3) is 0 Å². The Hall–Kier alpha value is -1.84. The molecule has 7 atom stereocenters. The summed E-state index contributed by atoms with van der Waals surface area (Å²) < 4.78 is 0. The third-order valence-corrected chi connectivity index (χ3v) is 12.1. The molecule has 0 aromatic heterocycles. The van der Waals surface area contributed by atoms with Gasteiger partial charge in [-0.25, -0.2) is 0 Å². The molecule has 180 valence electrons. The van der Waals surface area contributed by atoms with E-state index in [2.05, 4.69) is 40.7 Å². The molecular weight excluding hydrogens is 410 g/mol. The predicted molar refractivity (Wildman–Crippen MR) is 130 cm³/mol. The number of hydrogen-bond acceptors (Lipinski definition) is 3. The van der Waals surface area contributed by atoms with Crippen molar-refractivity contribution in [1.29, 1.82) is 0 Å². The lowest BCUT2D eigenvalue weighted by Gasteiger charge is -2.72. The normalized spacial score (nSPS) is 49.2. The number of amides is 1. The summed E-state index contributed by atoms with van der Waals surface area (Å²) in [5.74, 6) is 0.420. The summed E-state index contributed by atoms with van der Waals surface area (Å²) in [6, 6.07) is 0. The number of carbonyl (C=O) groups is 2. The van der Waals surface area contributed by atoms with Gasteiger partial charge in [0.05, 0.1) is 0 Å². The third kappa shape index (κ3) is 2.70. The van der Waals surface area contributed by atoms with Gasteiger partial charge in [-0.2, -0.15) is 0 Å². The van der Waals surface area contributed by atoms with Gasteiger partial charge in [-0.05, 0) is 109 Å². The molecule has 0 aliphatic heterocycles. The maximum Gasteiger partial charge on any atom is 0.223 e. The van der Waals surface area contributed by atoms with Gasteiger partial charge in [0.1, 0.15) is 0 Å². The van der Waals surface area contributed by atoms with Gasteiger partial charge in [0.2, 0.25) is 11.7 Å². The molecule has 5 aliphatic carbocycles. The van der Waals surface area contributed by atoms with Gasteiger partial charge in [-0.15, -0.1) is 0 Å². The van der Waals surface area contributed by atoms with E-state index >= 15 is 0 Å². The molecule has 0 heterocycles. The molecular formula is C29H41NO3. The highest BCUT2D eigenvalue weighted by molar-refractivity contribution is 6.06. The van der Waals surface area contributed by atoms with Crippen molar-refractivity contribution in [2.45, 2.75) is 92.9 Å². The number of carbonyl (C=O) groups excluding carboxylic acids is 2. The van der Waals surface area contributed by atoms with E-state index < -0.39 is 5.41 Å². The van der Waals surface area contributed by atoms with Crippen molar-refractivity contribution in [3.63, 3.8) is 0 Å². The van der Waals surface area contributed by atoms with Crippen LogP contribution in [0.5, 0.6) is 0 Å². The molecule has 33 heavy (non-hydrogen) atoms. The second kappa shape index (κ2) is 6.64. The monoisotopic (exact) mass is 451 g/mol. The number of aliphatic hydroxyl groups is 1. The standard InChI is InChI=1S/C29H41NO3/c1-17-18-7-8-21-27(4,19(18)15-20(31)23(17)32)12-14-29(6)22-16-26(3,24(30)33)10-9-25(22,2)11-13-28(21,29)5/h7,15,21-22,32H,8-14,16H2,1-6H3,(H2,30,33)/t21?,22-,25-,26-,27+,28-,29+/m1/s1. The lowest BCUT2D eigenvalue weighted by Crippen LogP contribution is -2.65. The number of hydrogen-bond donors (Lipinski definition) is 2. The number of primary amides is 1. The third-order valence-electron chi connectivity index (χ3n) is 12.1. The highest BCUT2D eigenvalue weighted by Crippen LogP contribution is 2.76. The number of allylic oxidation sites excluding steroid dienone is 5. The second-order valence-corrected chi connectivity index (χ2v) is 13.4. The minimum atomic E-state index is -0.413. The highest BCUT2D eigenvalue weighted by Gasteiger charge is 2.68. The first-order valence-corrected chi connectivity index (χ1v) is 12.9. The summed E-state index contributed by atoms with van der Waals surface area (Å²) >= 11 is 0. The van der Waals surface area contributed by atoms with Crippen molar-refractivity contribution >= 4 is 11.7 Å². The Morgan fingerprint density at radius 1 is 0.970 bits per heavy atom. The molecule has 0 radical (unpaired) electrons. The maximum absolute atomic E-state index is 12.6. The molecule has 4 nitrogen and oxygen atoms in total. The fourth-order valence-corrected chi connectivity index (χ4v) is 9.31. The Labute approximate surface area is 198 Å². The van der Waals surface area contributed by atoms with Crippen LogP contribution < -0.4 is 5.73 Å². The van der Waals surface area contributed by atoms with Crippen molar-refractivity contribution in [3.05, 3.63) is 34.6 Å². The van der Waals surface area contributed by atoms with Crippen LogP contribution in [0.2, 0.25) is 0 Å². The quantitative estimate of drug-likeness (QED) is 0.500. The summed E-state index contributed by atoms with van der Waals surface area (Å²) in [7, 11) is 0. The van der Waals surface area contributed by atoms with E-state index in [0.29, 0.717) is 11.8 Å². The first-order chi connectivity index (χ1) is 15.2. The van der Waals surface area contributed by atoms with Crippen LogP contribution in [0, 0.1) is 38.9 Å². The molecule has 0 aromatic rings. The highest BCUT2D eigenvalue weighted by atomic mass is 16.3. The number of rotatable bonds is 1. The minimum absolute atomic E-state index is 0.0780. The van der Waals surface area contributed by atoms with E-state index in [1.54, 1.807) is 6.08 Å². The van der Waals surface area contributed by atoms with Gasteiger partial charge in [-0.3, -0.25) is 9.59 Å².